The molecule has 1 aromatic heterocycles. The third-order valence-corrected chi connectivity index (χ3v) is 3.33. The second kappa shape index (κ2) is 4.65. The molecule has 3 heteroatoms. The van der Waals surface area contributed by atoms with Gasteiger partial charge in [0.2, 0.25) is 0 Å². The molecule has 17 heavy (non-hydrogen) atoms. The molecule has 0 bridgehead atoms. The molecule has 0 spiro atoms. The van der Waals surface area contributed by atoms with Crippen molar-refractivity contribution in [1.29, 1.82) is 0 Å². The van der Waals surface area contributed by atoms with E-state index in [1.165, 1.54) is 12.1 Å². The van der Waals surface area contributed by atoms with E-state index in [9.17, 15) is 0 Å². The standard InChI is InChI=1S/C14H23N3/c1-11-6-7-13(12(2)16-11)17-9-5-8-15-14(3,4)10-17/h6-7,15H,5,8-10H2,1-4H3. The minimum absolute atomic E-state index is 0.174. The highest BCUT2D eigenvalue weighted by Gasteiger charge is 2.24. The molecule has 1 aromatic rings. The fourth-order valence-electron chi connectivity index (χ4n) is 2.53. The van der Waals surface area contributed by atoms with Crippen molar-refractivity contribution in [2.45, 2.75) is 39.7 Å². The van der Waals surface area contributed by atoms with Gasteiger partial charge in [0, 0.05) is 24.3 Å². The number of hydrogen-bond acceptors (Lipinski definition) is 3. The molecule has 1 aliphatic heterocycles. The van der Waals surface area contributed by atoms with E-state index >= 15 is 0 Å². The first-order valence-electron chi connectivity index (χ1n) is 6.42. The van der Waals surface area contributed by atoms with Crippen molar-refractivity contribution in [3.8, 4) is 0 Å². The number of hydrogen-bond donors (Lipinski definition) is 1. The van der Waals surface area contributed by atoms with E-state index in [2.05, 4.69) is 48.1 Å². The van der Waals surface area contributed by atoms with Crippen LogP contribution in [0.1, 0.15) is 31.7 Å². The number of rotatable bonds is 1. The number of nitrogens with one attached hydrogen (secondary N) is 1. The average molecular weight is 233 g/mol. The van der Waals surface area contributed by atoms with E-state index in [1.54, 1.807) is 0 Å². The highest BCUT2D eigenvalue weighted by molar-refractivity contribution is 5.51. The molecule has 94 valence electrons. The van der Waals surface area contributed by atoms with Crippen LogP contribution in [-0.4, -0.2) is 30.2 Å². The Morgan fingerprint density at radius 3 is 2.76 bits per heavy atom. The van der Waals surface area contributed by atoms with Gasteiger partial charge in [-0.15, -0.1) is 0 Å². The van der Waals surface area contributed by atoms with Gasteiger partial charge in [-0.05, 0) is 52.8 Å². The van der Waals surface area contributed by atoms with Gasteiger partial charge < -0.3 is 10.2 Å². The fraction of sp³-hybridized carbons (Fsp3) is 0.643. The lowest BCUT2D eigenvalue weighted by molar-refractivity contribution is 0.416. The summed E-state index contributed by atoms with van der Waals surface area (Å²) in [4.78, 5) is 7.03. The Labute approximate surface area is 104 Å². The van der Waals surface area contributed by atoms with Crippen LogP contribution in [0.5, 0.6) is 0 Å². The number of nitrogens with zero attached hydrogens (tertiary/aromatic N) is 2. The van der Waals surface area contributed by atoms with Crippen molar-refractivity contribution in [1.82, 2.24) is 10.3 Å². The Kier molecular flexibility index (Phi) is 3.38. The van der Waals surface area contributed by atoms with Crippen LogP contribution in [0.25, 0.3) is 0 Å². The molecular weight excluding hydrogens is 210 g/mol. The van der Waals surface area contributed by atoms with Crippen LogP contribution in [0.4, 0.5) is 5.69 Å². The van der Waals surface area contributed by atoms with Gasteiger partial charge in [-0.25, -0.2) is 0 Å². The third-order valence-electron chi connectivity index (χ3n) is 3.33. The Morgan fingerprint density at radius 1 is 1.29 bits per heavy atom. The molecule has 1 N–H and O–H groups in total. The van der Waals surface area contributed by atoms with Crippen LogP contribution in [0, 0.1) is 13.8 Å². The molecule has 1 saturated heterocycles. The summed E-state index contributed by atoms with van der Waals surface area (Å²) in [5, 5.41) is 3.59. The monoisotopic (exact) mass is 233 g/mol. The maximum Gasteiger partial charge on any atom is 0.0608 e. The van der Waals surface area contributed by atoms with Crippen molar-refractivity contribution < 1.29 is 0 Å². The Bertz CT molecular complexity index is 398. The summed E-state index contributed by atoms with van der Waals surface area (Å²) in [7, 11) is 0. The van der Waals surface area contributed by atoms with Gasteiger partial charge in [0.25, 0.3) is 0 Å². The number of aromatic nitrogens is 1. The summed E-state index contributed by atoms with van der Waals surface area (Å²) in [6.45, 7) is 11.9. The van der Waals surface area contributed by atoms with Gasteiger partial charge >= 0.3 is 0 Å². The van der Waals surface area contributed by atoms with Crippen LogP contribution in [0.2, 0.25) is 0 Å². The molecule has 0 aromatic carbocycles. The van der Waals surface area contributed by atoms with Gasteiger partial charge in [0.1, 0.15) is 0 Å². The predicted octanol–water partition coefficient (Wildman–Crippen LogP) is 2.28. The number of aryl methyl sites for hydroxylation is 2. The highest BCUT2D eigenvalue weighted by Crippen LogP contribution is 2.22. The van der Waals surface area contributed by atoms with Crippen molar-refractivity contribution >= 4 is 5.69 Å². The molecule has 0 saturated carbocycles. The summed E-state index contributed by atoms with van der Waals surface area (Å²) in [6.07, 6.45) is 1.19. The highest BCUT2D eigenvalue weighted by atomic mass is 15.2. The van der Waals surface area contributed by atoms with Crippen molar-refractivity contribution in [3.63, 3.8) is 0 Å². The lowest BCUT2D eigenvalue weighted by Crippen LogP contribution is -2.46. The molecular formula is C14H23N3. The SMILES string of the molecule is Cc1ccc(N2CCCNC(C)(C)C2)c(C)n1. The lowest BCUT2D eigenvalue weighted by Gasteiger charge is -2.32. The minimum Gasteiger partial charge on any atom is -0.368 e. The Balaban J connectivity index is 2.25. The molecule has 0 radical (unpaired) electrons. The van der Waals surface area contributed by atoms with E-state index in [4.69, 9.17) is 0 Å². The molecule has 0 aliphatic carbocycles. The van der Waals surface area contributed by atoms with Gasteiger partial charge in [-0.3, -0.25) is 4.98 Å². The molecule has 3 nitrogen and oxygen atoms in total. The quantitative estimate of drug-likeness (QED) is 0.806. The van der Waals surface area contributed by atoms with Crippen LogP contribution < -0.4 is 10.2 Å². The van der Waals surface area contributed by atoms with Gasteiger partial charge in [0.15, 0.2) is 0 Å². The lowest BCUT2D eigenvalue weighted by atomic mass is 10.1. The maximum atomic E-state index is 4.57. The van der Waals surface area contributed by atoms with Gasteiger partial charge in [-0.2, -0.15) is 0 Å². The van der Waals surface area contributed by atoms with E-state index in [0.29, 0.717) is 0 Å². The van der Waals surface area contributed by atoms with Crippen LogP contribution >= 0.6 is 0 Å². The summed E-state index contributed by atoms with van der Waals surface area (Å²) >= 11 is 0. The molecule has 0 amide bonds. The number of pyridine rings is 1. The summed E-state index contributed by atoms with van der Waals surface area (Å²) in [5.74, 6) is 0. The molecule has 2 heterocycles. The second-order valence-corrected chi connectivity index (χ2v) is 5.64. The zero-order valence-corrected chi connectivity index (χ0v) is 11.4. The topological polar surface area (TPSA) is 28.2 Å². The zero-order chi connectivity index (χ0) is 12.5. The van der Waals surface area contributed by atoms with E-state index in [1.807, 2.05) is 6.92 Å². The molecule has 1 fully saturated rings. The second-order valence-electron chi connectivity index (χ2n) is 5.64. The maximum absolute atomic E-state index is 4.57. The molecule has 1 aliphatic rings. The summed E-state index contributed by atoms with van der Waals surface area (Å²) in [5.41, 5.74) is 3.70. The smallest absolute Gasteiger partial charge is 0.0608 e. The molecule has 0 unspecified atom stereocenters. The van der Waals surface area contributed by atoms with E-state index < -0.39 is 0 Å². The summed E-state index contributed by atoms with van der Waals surface area (Å²) in [6, 6.07) is 4.31. The van der Waals surface area contributed by atoms with Crippen molar-refractivity contribution in [3.05, 3.63) is 23.5 Å². The van der Waals surface area contributed by atoms with E-state index in [0.717, 1.165) is 31.0 Å². The Morgan fingerprint density at radius 2 is 2.06 bits per heavy atom. The van der Waals surface area contributed by atoms with Gasteiger partial charge in [-0.1, -0.05) is 0 Å². The van der Waals surface area contributed by atoms with Crippen molar-refractivity contribution in [2.75, 3.05) is 24.5 Å². The van der Waals surface area contributed by atoms with Crippen LogP contribution in [0.15, 0.2) is 12.1 Å². The first kappa shape index (κ1) is 12.4. The minimum atomic E-state index is 0.174. The normalized spacial score (nSPS) is 20.1. The molecule has 2 rings (SSSR count). The van der Waals surface area contributed by atoms with Crippen molar-refractivity contribution in [2.24, 2.45) is 0 Å². The fourth-order valence-corrected chi connectivity index (χ4v) is 2.53. The Hall–Kier alpha value is -1.09. The first-order valence-corrected chi connectivity index (χ1v) is 6.42. The van der Waals surface area contributed by atoms with Crippen LogP contribution in [0.3, 0.4) is 0 Å². The third kappa shape index (κ3) is 2.97. The average Bonchev–Trinajstić information content (AvgIpc) is 2.39. The predicted molar refractivity (Wildman–Crippen MR) is 72.6 cm³/mol. The van der Waals surface area contributed by atoms with Crippen LogP contribution in [-0.2, 0) is 0 Å². The van der Waals surface area contributed by atoms with Gasteiger partial charge in [0.05, 0.1) is 11.4 Å². The largest absolute Gasteiger partial charge is 0.368 e. The van der Waals surface area contributed by atoms with E-state index in [-0.39, 0.29) is 5.54 Å². The first-order chi connectivity index (χ1) is 7.98. The summed E-state index contributed by atoms with van der Waals surface area (Å²) < 4.78 is 0. The number of anilines is 1. The zero-order valence-electron chi connectivity index (χ0n) is 11.4. The molecule has 0 atom stereocenters.